The summed E-state index contributed by atoms with van der Waals surface area (Å²) in [7, 11) is -3.53. The summed E-state index contributed by atoms with van der Waals surface area (Å²) >= 11 is 0. The van der Waals surface area contributed by atoms with Crippen molar-refractivity contribution in [2.75, 3.05) is 19.7 Å². The van der Waals surface area contributed by atoms with Crippen LogP contribution >= 0.6 is 0 Å². The highest BCUT2D eigenvalue weighted by Crippen LogP contribution is 2.29. The molecule has 0 aliphatic carbocycles. The first-order valence-electron chi connectivity index (χ1n) is 5.92. The van der Waals surface area contributed by atoms with E-state index in [0.29, 0.717) is 17.9 Å². The molecule has 18 heavy (non-hydrogen) atoms. The Morgan fingerprint density at radius 3 is 2.89 bits per heavy atom. The van der Waals surface area contributed by atoms with Crippen molar-refractivity contribution in [1.29, 1.82) is 0 Å². The minimum absolute atomic E-state index is 0.137. The molecule has 1 N–H and O–H groups in total. The van der Waals surface area contributed by atoms with E-state index in [1.807, 2.05) is 11.0 Å². The zero-order chi connectivity index (χ0) is 12.8. The highest BCUT2D eigenvalue weighted by atomic mass is 32.2. The maximum absolute atomic E-state index is 11.9. The molecule has 3 rings (SSSR count). The van der Waals surface area contributed by atoms with Crippen LogP contribution in [0.2, 0.25) is 0 Å². The Balaban J connectivity index is 2.00. The van der Waals surface area contributed by atoms with Crippen LogP contribution in [0.5, 0.6) is 0 Å². The van der Waals surface area contributed by atoms with Crippen LogP contribution in [-0.2, 0) is 10.0 Å². The summed E-state index contributed by atoms with van der Waals surface area (Å²) in [5.41, 5.74) is 0.677. The average molecular weight is 266 g/mol. The molecule has 0 spiro atoms. The van der Waals surface area contributed by atoms with Gasteiger partial charge in [0.25, 0.3) is 10.0 Å². The highest BCUT2D eigenvalue weighted by Gasteiger charge is 2.34. The summed E-state index contributed by atoms with van der Waals surface area (Å²) in [4.78, 5) is 2.23. The zero-order valence-electron chi connectivity index (χ0n) is 9.78. The Hall–Kier alpha value is -1.40. The first-order valence-corrected chi connectivity index (χ1v) is 7.36. The topological polar surface area (TPSA) is 70.0 Å². The summed E-state index contributed by atoms with van der Waals surface area (Å²) in [5.74, 6) is 0.740. The van der Waals surface area contributed by atoms with Crippen LogP contribution in [0.4, 0.5) is 0 Å². The SMILES string of the molecule is O=S1(=O)N=C(N2CCC(CO)C2)c2ccccc21. The molecule has 1 fully saturated rings. The van der Waals surface area contributed by atoms with Gasteiger partial charge in [-0.1, -0.05) is 12.1 Å². The summed E-state index contributed by atoms with van der Waals surface area (Å²) in [6, 6.07) is 6.88. The molecule has 0 bridgehead atoms. The molecule has 1 saturated heterocycles. The quantitative estimate of drug-likeness (QED) is 0.801. The van der Waals surface area contributed by atoms with Crippen LogP contribution in [0.15, 0.2) is 33.6 Å². The lowest BCUT2D eigenvalue weighted by atomic mass is 10.1. The van der Waals surface area contributed by atoms with Gasteiger partial charge in [-0.2, -0.15) is 8.42 Å². The molecule has 5 nitrogen and oxygen atoms in total. The van der Waals surface area contributed by atoms with Crippen LogP contribution in [0.25, 0.3) is 0 Å². The molecule has 1 aromatic rings. The van der Waals surface area contributed by atoms with Crippen LogP contribution in [0.3, 0.4) is 0 Å². The standard InChI is InChI=1S/C12H14N2O3S/c15-8-9-5-6-14(7-9)12-10-3-1-2-4-11(10)18(16,17)13-12/h1-4,9,15H,5-8H2. The van der Waals surface area contributed by atoms with Crippen molar-refractivity contribution in [2.45, 2.75) is 11.3 Å². The average Bonchev–Trinajstić information content (AvgIpc) is 2.93. The Kier molecular flexibility index (Phi) is 2.64. The lowest BCUT2D eigenvalue weighted by Gasteiger charge is -2.17. The van der Waals surface area contributed by atoms with Gasteiger partial charge in [0, 0.05) is 31.2 Å². The minimum Gasteiger partial charge on any atom is -0.396 e. The van der Waals surface area contributed by atoms with E-state index in [1.54, 1.807) is 18.2 Å². The third kappa shape index (κ3) is 1.72. The number of sulfonamides is 1. The first-order chi connectivity index (χ1) is 8.62. The van der Waals surface area contributed by atoms with Gasteiger partial charge in [0.05, 0.1) is 0 Å². The van der Waals surface area contributed by atoms with E-state index in [9.17, 15) is 8.42 Å². The van der Waals surface area contributed by atoms with E-state index in [2.05, 4.69) is 4.40 Å². The molecule has 6 heteroatoms. The summed E-state index contributed by atoms with van der Waals surface area (Å²) in [5, 5.41) is 9.14. The second-order valence-corrected chi connectivity index (χ2v) is 6.24. The maximum atomic E-state index is 11.9. The van der Waals surface area contributed by atoms with Crippen LogP contribution in [-0.4, -0.2) is 44.0 Å². The number of fused-ring (bicyclic) bond motifs is 1. The molecule has 96 valence electrons. The minimum atomic E-state index is -3.53. The molecule has 2 heterocycles. The van der Waals surface area contributed by atoms with Gasteiger partial charge in [-0.3, -0.25) is 0 Å². The Bertz CT molecular complexity index is 610. The normalized spacial score (nSPS) is 25.1. The Morgan fingerprint density at radius 1 is 1.39 bits per heavy atom. The monoisotopic (exact) mass is 266 g/mol. The maximum Gasteiger partial charge on any atom is 0.285 e. The number of benzene rings is 1. The van der Waals surface area contributed by atoms with Gasteiger partial charge in [-0.25, -0.2) is 0 Å². The van der Waals surface area contributed by atoms with Crippen molar-refractivity contribution in [1.82, 2.24) is 4.90 Å². The van der Waals surface area contributed by atoms with E-state index in [-0.39, 0.29) is 17.4 Å². The van der Waals surface area contributed by atoms with E-state index >= 15 is 0 Å². The summed E-state index contributed by atoms with van der Waals surface area (Å²) < 4.78 is 27.7. The van der Waals surface area contributed by atoms with Gasteiger partial charge in [-0.05, 0) is 18.6 Å². The lowest BCUT2D eigenvalue weighted by molar-refractivity contribution is 0.232. The van der Waals surface area contributed by atoms with Gasteiger partial charge in [-0.15, -0.1) is 4.40 Å². The van der Waals surface area contributed by atoms with Gasteiger partial charge >= 0.3 is 0 Å². The van der Waals surface area contributed by atoms with E-state index in [0.717, 1.165) is 13.0 Å². The molecule has 1 aromatic carbocycles. The molecular weight excluding hydrogens is 252 g/mol. The third-order valence-corrected chi connectivity index (χ3v) is 4.78. The van der Waals surface area contributed by atoms with Crippen molar-refractivity contribution >= 4 is 15.9 Å². The Morgan fingerprint density at radius 2 is 2.17 bits per heavy atom. The zero-order valence-corrected chi connectivity index (χ0v) is 10.6. The van der Waals surface area contributed by atoms with Crippen LogP contribution < -0.4 is 0 Å². The molecule has 2 aliphatic rings. The molecular formula is C12H14N2O3S. The fourth-order valence-corrected chi connectivity index (χ4v) is 3.72. The van der Waals surface area contributed by atoms with Crippen molar-refractivity contribution in [3.8, 4) is 0 Å². The molecule has 1 unspecified atom stereocenters. The summed E-state index contributed by atoms with van der Waals surface area (Å²) in [6.07, 6.45) is 0.873. The predicted octanol–water partition coefficient (Wildman–Crippen LogP) is 0.450. The van der Waals surface area contributed by atoms with Crippen molar-refractivity contribution in [3.63, 3.8) is 0 Å². The number of aliphatic hydroxyl groups excluding tert-OH is 1. The van der Waals surface area contributed by atoms with Crippen LogP contribution in [0, 0.1) is 5.92 Å². The predicted molar refractivity (Wildman–Crippen MR) is 66.9 cm³/mol. The fourth-order valence-electron chi connectivity index (χ4n) is 2.49. The van der Waals surface area contributed by atoms with Gasteiger partial charge in [0.15, 0.2) is 5.84 Å². The molecule has 0 amide bonds. The number of likely N-dealkylation sites (tertiary alicyclic amines) is 1. The number of nitrogens with zero attached hydrogens (tertiary/aromatic N) is 2. The first kappa shape index (κ1) is 11.7. The molecule has 0 radical (unpaired) electrons. The van der Waals surface area contributed by atoms with Gasteiger partial charge in [0.1, 0.15) is 4.90 Å². The van der Waals surface area contributed by atoms with E-state index in [4.69, 9.17) is 5.11 Å². The smallest absolute Gasteiger partial charge is 0.285 e. The van der Waals surface area contributed by atoms with E-state index < -0.39 is 10.0 Å². The Labute approximate surface area is 106 Å². The third-order valence-electron chi connectivity index (χ3n) is 3.46. The number of hydrogen-bond donors (Lipinski definition) is 1. The fraction of sp³-hybridized carbons (Fsp3) is 0.417. The number of amidine groups is 1. The number of hydrogen-bond acceptors (Lipinski definition) is 4. The second kappa shape index (κ2) is 4.07. The molecule has 2 aliphatic heterocycles. The summed E-state index contributed by atoms with van der Waals surface area (Å²) in [6.45, 7) is 1.55. The van der Waals surface area contributed by atoms with Gasteiger partial charge in [0.2, 0.25) is 0 Å². The molecule has 1 atom stereocenters. The number of aliphatic hydroxyl groups is 1. The largest absolute Gasteiger partial charge is 0.396 e. The molecule has 0 saturated carbocycles. The second-order valence-electron chi connectivity index (χ2n) is 4.67. The van der Waals surface area contributed by atoms with Crippen molar-refractivity contribution in [3.05, 3.63) is 29.8 Å². The lowest BCUT2D eigenvalue weighted by Crippen LogP contribution is -2.29. The van der Waals surface area contributed by atoms with Gasteiger partial charge < -0.3 is 10.0 Å². The van der Waals surface area contributed by atoms with Crippen LogP contribution in [0.1, 0.15) is 12.0 Å². The highest BCUT2D eigenvalue weighted by molar-refractivity contribution is 7.90. The van der Waals surface area contributed by atoms with Crippen molar-refractivity contribution < 1.29 is 13.5 Å². The van der Waals surface area contributed by atoms with Crippen molar-refractivity contribution in [2.24, 2.45) is 10.3 Å². The van der Waals surface area contributed by atoms with E-state index in [1.165, 1.54) is 0 Å². The molecule has 0 aromatic heterocycles. The number of rotatable bonds is 1.